The first kappa shape index (κ1) is 26.5. The first-order valence-electron chi connectivity index (χ1n) is 9.78. The van der Waals surface area contributed by atoms with Crippen molar-refractivity contribution in [1.82, 2.24) is 0 Å². The molecule has 0 aliphatic heterocycles. The number of hydrogen-bond donors (Lipinski definition) is 1. The van der Waals surface area contributed by atoms with Gasteiger partial charge in [0.1, 0.15) is 0 Å². The number of hydrogen-bond acceptors (Lipinski definition) is 6. The van der Waals surface area contributed by atoms with Gasteiger partial charge in [-0.05, 0) is 63.2 Å². The van der Waals surface area contributed by atoms with Crippen molar-refractivity contribution in [3.05, 3.63) is 12.7 Å². The monoisotopic (exact) mass is 401 g/mol. The zero-order chi connectivity index (χ0) is 18.8. The highest BCUT2D eigenvalue weighted by molar-refractivity contribution is 5.81. The molecule has 2 fully saturated rings. The second-order valence-electron chi connectivity index (χ2n) is 7.44. The van der Waals surface area contributed by atoms with Crippen molar-refractivity contribution in [2.45, 2.75) is 70.0 Å². The largest absolute Gasteiger partial charge is 0.462 e. The van der Waals surface area contributed by atoms with Crippen molar-refractivity contribution in [3.63, 3.8) is 0 Å². The van der Waals surface area contributed by atoms with Gasteiger partial charge in [-0.25, -0.2) is 9.68 Å². The van der Waals surface area contributed by atoms with E-state index in [1.54, 1.807) is 0 Å². The second-order valence-corrected chi connectivity index (χ2v) is 7.44. The van der Waals surface area contributed by atoms with Crippen LogP contribution < -0.4 is 0 Å². The molecule has 0 aromatic heterocycles. The number of ether oxygens (including phenoxy) is 2. The Kier molecular flexibility index (Phi) is 13.7. The van der Waals surface area contributed by atoms with E-state index in [9.17, 15) is 10.1 Å². The van der Waals surface area contributed by atoms with Crippen molar-refractivity contribution in [2.75, 3.05) is 13.2 Å². The van der Waals surface area contributed by atoms with Crippen molar-refractivity contribution >= 4 is 5.97 Å². The van der Waals surface area contributed by atoms with Crippen LogP contribution in [0, 0.1) is 29.1 Å². The van der Waals surface area contributed by atoms with Gasteiger partial charge in [-0.15, -0.1) is 0 Å². The zero-order valence-corrected chi connectivity index (χ0v) is 16.5. The molecule has 0 radical (unpaired) electrons. The minimum atomic E-state index is -0.399. The summed E-state index contributed by atoms with van der Waals surface area (Å²) in [4.78, 5) is 15.8. The van der Waals surface area contributed by atoms with E-state index in [2.05, 4.69) is 12.6 Å². The molecule has 2 aliphatic carbocycles. The molecule has 0 saturated heterocycles. The standard InChI is InChI=1S/C20H31NO5.2H2O/c1-2-19(22)25-13-3-12-24-18-10-8-17(9-11-18)20(26-23)16-6-4-15(14-21)5-7-16;;/h2,15-18,20,23H,1,3-13H2;2*1H2. The molecular weight excluding hydrogens is 366 g/mol. The Balaban J connectivity index is 0.00000364. The molecule has 8 nitrogen and oxygen atoms in total. The third kappa shape index (κ3) is 8.25. The lowest BCUT2D eigenvalue weighted by Crippen LogP contribution is -2.37. The minimum absolute atomic E-state index is 0. The summed E-state index contributed by atoms with van der Waals surface area (Å²) in [7, 11) is 0. The van der Waals surface area contributed by atoms with Gasteiger partial charge in [-0.2, -0.15) is 5.26 Å². The molecule has 1 unspecified atom stereocenters. The van der Waals surface area contributed by atoms with E-state index < -0.39 is 5.97 Å². The van der Waals surface area contributed by atoms with Gasteiger partial charge in [0.05, 0.1) is 31.5 Å². The summed E-state index contributed by atoms with van der Waals surface area (Å²) in [6.45, 7) is 4.29. The summed E-state index contributed by atoms with van der Waals surface area (Å²) < 4.78 is 10.8. The van der Waals surface area contributed by atoms with E-state index in [-0.39, 0.29) is 29.1 Å². The van der Waals surface area contributed by atoms with Crippen LogP contribution in [-0.4, -0.2) is 47.6 Å². The highest BCUT2D eigenvalue weighted by Crippen LogP contribution is 2.39. The van der Waals surface area contributed by atoms with E-state index in [1.165, 1.54) is 0 Å². The van der Waals surface area contributed by atoms with Gasteiger partial charge in [0.25, 0.3) is 0 Å². The molecule has 0 heterocycles. The molecule has 0 bridgehead atoms. The number of rotatable bonds is 9. The Labute approximate surface area is 167 Å². The van der Waals surface area contributed by atoms with Gasteiger partial charge in [0, 0.05) is 18.4 Å². The molecule has 162 valence electrons. The normalized spacial score (nSPS) is 28.0. The fourth-order valence-corrected chi connectivity index (χ4v) is 4.26. The molecule has 2 rings (SSSR count). The summed E-state index contributed by atoms with van der Waals surface area (Å²) in [5, 5.41) is 18.5. The van der Waals surface area contributed by atoms with Crippen LogP contribution in [-0.2, 0) is 19.2 Å². The first-order chi connectivity index (χ1) is 12.7. The number of nitriles is 1. The second kappa shape index (κ2) is 14.5. The molecule has 8 heteroatoms. The molecule has 0 amide bonds. The summed E-state index contributed by atoms with van der Waals surface area (Å²) in [5.74, 6) is 0.480. The number of nitrogens with zero attached hydrogens (tertiary/aromatic N) is 1. The Morgan fingerprint density at radius 1 is 1.07 bits per heavy atom. The molecule has 2 saturated carbocycles. The van der Waals surface area contributed by atoms with Crippen LogP contribution in [0.2, 0.25) is 0 Å². The van der Waals surface area contributed by atoms with Crippen molar-refractivity contribution in [3.8, 4) is 6.07 Å². The lowest BCUT2D eigenvalue weighted by atomic mass is 9.73. The van der Waals surface area contributed by atoms with E-state index in [4.69, 9.17) is 19.6 Å². The van der Waals surface area contributed by atoms with Crippen molar-refractivity contribution < 1.29 is 35.4 Å². The third-order valence-corrected chi connectivity index (χ3v) is 5.78. The zero-order valence-electron chi connectivity index (χ0n) is 16.5. The Bertz CT molecular complexity index is 477. The lowest BCUT2D eigenvalue weighted by molar-refractivity contribution is -0.307. The number of carbonyl (C=O) groups is 1. The van der Waals surface area contributed by atoms with Gasteiger partial charge in [0.2, 0.25) is 0 Å². The van der Waals surface area contributed by atoms with Gasteiger partial charge in [-0.3, -0.25) is 5.26 Å². The maximum atomic E-state index is 10.9. The number of esters is 1. The van der Waals surface area contributed by atoms with Crippen LogP contribution in [0.5, 0.6) is 0 Å². The minimum Gasteiger partial charge on any atom is -0.462 e. The van der Waals surface area contributed by atoms with Crippen molar-refractivity contribution in [2.24, 2.45) is 17.8 Å². The Morgan fingerprint density at radius 2 is 1.64 bits per heavy atom. The fraction of sp³-hybridized carbons (Fsp3) is 0.800. The SMILES string of the molecule is C=CC(=O)OCCCOC1CCC(C(OO)C2CCC(C#N)CC2)CC1.O.O. The third-order valence-electron chi connectivity index (χ3n) is 5.78. The first-order valence-corrected chi connectivity index (χ1v) is 9.78. The predicted octanol–water partition coefficient (Wildman–Crippen LogP) is 2.22. The van der Waals surface area contributed by atoms with Gasteiger partial charge >= 0.3 is 5.97 Å². The van der Waals surface area contributed by atoms with Crippen LogP contribution in [0.4, 0.5) is 0 Å². The molecule has 0 spiro atoms. The Hall–Kier alpha value is -1.50. The smallest absolute Gasteiger partial charge is 0.330 e. The van der Waals surface area contributed by atoms with Gasteiger partial charge < -0.3 is 20.4 Å². The fourth-order valence-electron chi connectivity index (χ4n) is 4.26. The van der Waals surface area contributed by atoms with Crippen LogP contribution in [0.1, 0.15) is 57.8 Å². The van der Waals surface area contributed by atoms with Crippen LogP contribution in [0.15, 0.2) is 12.7 Å². The molecule has 1 atom stereocenters. The van der Waals surface area contributed by atoms with Crippen molar-refractivity contribution in [1.29, 1.82) is 5.26 Å². The number of carbonyl (C=O) groups excluding carboxylic acids is 1. The lowest BCUT2D eigenvalue weighted by Gasteiger charge is -2.38. The molecule has 28 heavy (non-hydrogen) atoms. The summed E-state index contributed by atoms with van der Waals surface area (Å²) in [6, 6.07) is 2.35. The van der Waals surface area contributed by atoms with Gasteiger partial charge in [-0.1, -0.05) is 6.58 Å². The predicted molar refractivity (Wildman–Crippen MR) is 103 cm³/mol. The highest BCUT2D eigenvalue weighted by atomic mass is 17.1. The average molecular weight is 402 g/mol. The van der Waals surface area contributed by atoms with E-state index in [0.717, 1.165) is 57.4 Å². The molecule has 5 N–H and O–H groups in total. The topological polar surface area (TPSA) is 152 Å². The molecule has 0 aromatic rings. The molecule has 2 aliphatic rings. The molecule has 0 aromatic carbocycles. The van der Waals surface area contributed by atoms with Crippen LogP contribution >= 0.6 is 0 Å². The maximum Gasteiger partial charge on any atom is 0.330 e. The quantitative estimate of drug-likeness (QED) is 0.205. The van der Waals surface area contributed by atoms with E-state index in [1.807, 2.05) is 0 Å². The molecular formula is C20H35NO7. The summed E-state index contributed by atoms with van der Waals surface area (Å²) >= 11 is 0. The van der Waals surface area contributed by atoms with E-state index in [0.29, 0.717) is 31.5 Å². The van der Waals surface area contributed by atoms with E-state index >= 15 is 0 Å². The van der Waals surface area contributed by atoms with Gasteiger partial charge in [0.15, 0.2) is 0 Å². The Morgan fingerprint density at radius 3 is 2.14 bits per heavy atom. The summed E-state index contributed by atoms with van der Waals surface area (Å²) in [6.07, 6.45) is 9.61. The average Bonchev–Trinajstić information content (AvgIpc) is 2.69. The maximum absolute atomic E-state index is 10.9. The highest BCUT2D eigenvalue weighted by Gasteiger charge is 2.36. The van der Waals surface area contributed by atoms with Crippen LogP contribution in [0.3, 0.4) is 0 Å². The summed E-state index contributed by atoms with van der Waals surface area (Å²) in [5.41, 5.74) is 0. The van der Waals surface area contributed by atoms with Crippen LogP contribution in [0.25, 0.3) is 0 Å².